The summed E-state index contributed by atoms with van der Waals surface area (Å²) in [7, 11) is 2.00. The Kier molecular flexibility index (Phi) is 4.49. The number of fused-ring (bicyclic) bond motifs is 6. The van der Waals surface area contributed by atoms with Gasteiger partial charge in [-0.2, -0.15) is 0 Å². The molecule has 0 saturated heterocycles. The van der Waals surface area contributed by atoms with Crippen molar-refractivity contribution < 1.29 is 13.4 Å². The summed E-state index contributed by atoms with van der Waals surface area (Å²) in [5, 5.41) is 6.04. The van der Waals surface area contributed by atoms with Gasteiger partial charge in [0, 0.05) is 23.1 Å². The number of rotatable bonds is 2. The molecule has 0 aliphatic heterocycles. The van der Waals surface area contributed by atoms with Gasteiger partial charge in [0.2, 0.25) is 5.69 Å². The monoisotopic (exact) mass is 468 g/mol. The Bertz CT molecular complexity index is 1980. The standard InChI is InChI=1S/C33H23FNO/c1-20-18-28(34)31-26-15-9-14-25(32(26)36-33(31)30(20)29-16-7-8-17-35(29)2)27-19-21-10-3-4-11-22(21)23-12-5-6-13-24(23)27/h3-19H,1-2H3/q+1. The maximum Gasteiger partial charge on any atom is 0.216 e. The SMILES string of the molecule is Cc1cc(F)c2c(oc3c(-c4cc5ccccc5c5ccccc45)cccc32)c1-c1cccc[n+]1C. The van der Waals surface area contributed by atoms with Crippen molar-refractivity contribution in [2.75, 3.05) is 0 Å². The van der Waals surface area contributed by atoms with Crippen LogP contribution in [-0.2, 0) is 7.05 Å². The zero-order chi connectivity index (χ0) is 24.4. The third kappa shape index (κ3) is 2.93. The first-order chi connectivity index (χ1) is 17.6. The lowest BCUT2D eigenvalue weighted by Crippen LogP contribution is -2.30. The summed E-state index contributed by atoms with van der Waals surface area (Å²) in [5.74, 6) is -0.260. The Balaban J connectivity index is 1.62. The molecule has 0 amide bonds. The second-order valence-corrected chi connectivity index (χ2v) is 9.43. The molecule has 5 aromatic carbocycles. The third-order valence-corrected chi connectivity index (χ3v) is 7.29. The van der Waals surface area contributed by atoms with Crippen LogP contribution in [0.1, 0.15) is 5.56 Å². The molecule has 0 aliphatic carbocycles. The Morgan fingerprint density at radius 2 is 1.39 bits per heavy atom. The van der Waals surface area contributed by atoms with Gasteiger partial charge in [0.05, 0.1) is 10.9 Å². The number of nitrogens with zero attached hydrogens (tertiary/aromatic N) is 1. The highest BCUT2D eigenvalue weighted by molar-refractivity contribution is 6.18. The molecule has 2 nitrogen and oxygen atoms in total. The summed E-state index contributed by atoms with van der Waals surface area (Å²) in [6, 6.07) is 32.8. The molecular formula is C33H23FNO+. The minimum atomic E-state index is -0.260. The first-order valence-corrected chi connectivity index (χ1v) is 12.1. The fourth-order valence-electron chi connectivity index (χ4n) is 5.64. The van der Waals surface area contributed by atoms with E-state index in [9.17, 15) is 0 Å². The summed E-state index contributed by atoms with van der Waals surface area (Å²) in [4.78, 5) is 0. The van der Waals surface area contributed by atoms with Crippen molar-refractivity contribution in [3.8, 4) is 22.4 Å². The number of aryl methyl sites for hydroxylation is 2. The highest BCUT2D eigenvalue weighted by Crippen LogP contribution is 2.44. The van der Waals surface area contributed by atoms with Crippen LogP contribution in [0.3, 0.4) is 0 Å². The van der Waals surface area contributed by atoms with Gasteiger partial charge in [0.1, 0.15) is 18.4 Å². The first-order valence-electron chi connectivity index (χ1n) is 12.1. The van der Waals surface area contributed by atoms with E-state index in [4.69, 9.17) is 4.42 Å². The van der Waals surface area contributed by atoms with Crippen molar-refractivity contribution in [1.82, 2.24) is 0 Å². The van der Waals surface area contributed by atoms with Crippen LogP contribution in [0.25, 0.3) is 65.9 Å². The van der Waals surface area contributed by atoms with Crippen LogP contribution in [0.2, 0.25) is 0 Å². The molecule has 7 rings (SSSR count). The summed E-state index contributed by atoms with van der Waals surface area (Å²) in [6.07, 6.45) is 2.00. The van der Waals surface area contributed by atoms with Crippen molar-refractivity contribution in [3.63, 3.8) is 0 Å². The molecule has 2 aromatic heterocycles. The van der Waals surface area contributed by atoms with E-state index >= 15 is 4.39 Å². The van der Waals surface area contributed by atoms with Gasteiger partial charge >= 0.3 is 0 Å². The maximum atomic E-state index is 15.5. The molecule has 0 fully saturated rings. The number of aromatic nitrogens is 1. The van der Waals surface area contributed by atoms with Crippen molar-refractivity contribution in [2.24, 2.45) is 7.05 Å². The molecule has 0 atom stereocenters. The largest absolute Gasteiger partial charge is 0.454 e. The van der Waals surface area contributed by atoms with E-state index in [-0.39, 0.29) is 5.82 Å². The van der Waals surface area contributed by atoms with Gasteiger partial charge < -0.3 is 4.42 Å². The van der Waals surface area contributed by atoms with Gasteiger partial charge in [-0.1, -0.05) is 66.7 Å². The molecule has 0 saturated carbocycles. The lowest BCUT2D eigenvalue weighted by Gasteiger charge is -2.11. The van der Waals surface area contributed by atoms with E-state index in [0.29, 0.717) is 16.6 Å². The van der Waals surface area contributed by atoms with Gasteiger partial charge in [-0.15, -0.1) is 0 Å². The topological polar surface area (TPSA) is 17.0 Å². The molecule has 172 valence electrons. The predicted octanol–water partition coefficient (Wildman–Crippen LogP) is 8.50. The quantitative estimate of drug-likeness (QED) is 0.184. The fourth-order valence-corrected chi connectivity index (χ4v) is 5.64. The summed E-state index contributed by atoms with van der Waals surface area (Å²) in [6.45, 7) is 1.94. The maximum absolute atomic E-state index is 15.5. The van der Waals surface area contributed by atoms with Crippen LogP contribution >= 0.6 is 0 Å². The molecule has 0 radical (unpaired) electrons. The number of hydrogen-bond donors (Lipinski definition) is 0. The first kappa shape index (κ1) is 20.8. The van der Waals surface area contributed by atoms with Gasteiger partial charge in [-0.05, 0) is 57.8 Å². The van der Waals surface area contributed by atoms with Crippen LogP contribution in [0.5, 0.6) is 0 Å². The van der Waals surface area contributed by atoms with E-state index in [1.54, 1.807) is 6.07 Å². The minimum absolute atomic E-state index is 0.260. The second kappa shape index (κ2) is 7.76. The van der Waals surface area contributed by atoms with Gasteiger partial charge in [-0.25, -0.2) is 8.96 Å². The Morgan fingerprint density at radius 3 is 2.22 bits per heavy atom. The van der Waals surface area contributed by atoms with Crippen LogP contribution < -0.4 is 4.57 Å². The lowest BCUT2D eigenvalue weighted by molar-refractivity contribution is -0.660. The lowest BCUT2D eigenvalue weighted by atomic mass is 9.92. The molecule has 7 aromatic rings. The van der Waals surface area contributed by atoms with Gasteiger partial charge in [0.15, 0.2) is 11.8 Å². The third-order valence-electron chi connectivity index (χ3n) is 7.29. The van der Waals surface area contributed by atoms with E-state index in [1.165, 1.54) is 16.2 Å². The van der Waals surface area contributed by atoms with E-state index in [1.807, 2.05) is 55.1 Å². The molecule has 0 unspecified atom stereocenters. The summed E-state index contributed by atoms with van der Waals surface area (Å²) in [5.41, 5.74) is 6.08. The zero-order valence-corrected chi connectivity index (χ0v) is 20.0. The number of halogens is 1. The van der Waals surface area contributed by atoms with Crippen LogP contribution in [0.15, 0.2) is 108 Å². The molecule has 0 N–H and O–H groups in total. The number of hydrogen-bond acceptors (Lipinski definition) is 1. The summed E-state index contributed by atoms with van der Waals surface area (Å²) >= 11 is 0. The molecule has 0 aliphatic rings. The number of furan rings is 1. The van der Waals surface area contributed by atoms with Crippen molar-refractivity contribution in [3.05, 3.63) is 115 Å². The number of para-hydroxylation sites is 1. The van der Waals surface area contributed by atoms with Crippen LogP contribution in [0, 0.1) is 12.7 Å². The molecular weight excluding hydrogens is 445 g/mol. The van der Waals surface area contributed by atoms with Gasteiger partial charge in [-0.3, -0.25) is 0 Å². The van der Waals surface area contributed by atoms with Gasteiger partial charge in [0.25, 0.3) is 0 Å². The Labute approximate surface area is 207 Å². The summed E-state index contributed by atoms with van der Waals surface area (Å²) < 4.78 is 24.2. The van der Waals surface area contributed by atoms with E-state index in [0.717, 1.165) is 38.7 Å². The average molecular weight is 469 g/mol. The van der Waals surface area contributed by atoms with E-state index < -0.39 is 0 Å². The highest BCUT2D eigenvalue weighted by Gasteiger charge is 2.24. The fraction of sp³-hybridized carbons (Fsp3) is 0.0606. The van der Waals surface area contributed by atoms with Crippen molar-refractivity contribution in [1.29, 1.82) is 0 Å². The molecule has 3 heteroatoms. The van der Waals surface area contributed by atoms with Crippen molar-refractivity contribution >= 4 is 43.5 Å². The van der Waals surface area contributed by atoms with Crippen LogP contribution in [-0.4, -0.2) is 0 Å². The average Bonchev–Trinajstić information content (AvgIpc) is 3.29. The highest BCUT2D eigenvalue weighted by atomic mass is 19.1. The minimum Gasteiger partial charge on any atom is -0.454 e. The number of benzene rings is 5. The van der Waals surface area contributed by atoms with E-state index in [2.05, 4.69) is 60.7 Å². The smallest absolute Gasteiger partial charge is 0.216 e. The molecule has 2 heterocycles. The molecule has 0 spiro atoms. The van der Waals surface area contributed by atoms with Crippen LogP contribution in [0.4, 0.5) is 4.39 Å². The Morgan fingerprint density at radius 1 is 0.667 bits per heavy atom. The predicted molar refractivity (Wildman–Crippen MR) is 145 cm³/mol. The number of pyridine rings is 1. The molecule has 36 heavy (non-hydrogen) atoms. The zero-order valence-electron chi connectivity index (χ0n) is 20.0. The normalized spacial score (nSPS) is 11.8. The Hall–Kier alpha value is -4.50. The van der Waals surface area contributed by atoms with Crippen molar-refractivity contribution in [2.45, 2.75) is 6.92 Å². The molecule has 0 bridgehead atoms. The second-order valence-electron chi connectivity index (χ2n) is 9.43.